The number of nitrogens with zero attached hydrogens (tertiary/aromatic N) is 3. The Kier molecular flexibility index (Phi) is 5.17. The van der Waals surface area contributed by atoms with E-state index in [-0.39, 0.29) is 16.3 Å². The number of carboxylic acids is 1. The summed E-state index contributed by atoms with van der Waals surface area (Å²) in [6, 6.07) is 8.11. The monoisotopic (exact) mass is 465 g/mol. The van der Waals surface area contributed by atoms with Crippen LogP contribution in [0.2, 0.25) is 0 Å². The highest BCUT2D eigenvalue weighted by Gasteiger charge is 2.27. The largest absolute Gasteiger partial charge is 0.480 e. The van der Waals surface area contributed by atoms with Gasteiger partial charge in [0.1, 0.15) is 20.7 Å². The Hall–Kier alpha value is -3.03. The van der Waals surface area contributed by atoms with Crippen molar-refractivity contribution in [1.29, 1.82) is 0 Å². The average Bonchev–Trinajstić information content (AvgIpc) is 3.34. The van der Waals surface area contributed by atoms with Gasteiger partial charge in [-0.05, 0) is 24.3 Å². The molecule has 0 radical (unpaired) electrons. The SMILES string of the molecule is O=C(O)C1CSC(c2nc3ccc(OS(=O)(=O)c4ccc([N+](=O)[O-])cc4)cc3s2)=N1. The summed E-state index contributed by atoms with van der Waals surface area (Å²) in [5.74, 6) is -0.603. The van der Waals surface area contributed by atoms with Crippen molar-refractivity contribution >= 4 is 60.1 Å². The Labute approximate surface area is 177 Å². The zero-order valence-corrected chi connectivity index (χ0v) is 17.2. The lowest BCUT2D eigenvalue weighted by Gasteiger charge is -2.06. The zero-order valence-electron chi connectivity index (χ0n) is 14.8. The Balaban J connectivity index is 1.58. The van der Waals surface area contributed by atoms with E-state index in [9.17, 15) is 23.3 Å². The molecule has 1 aliphatic rings. The number of thioether (sulfide) groups is 1. The van der Waals surface area contributed by atoms with Crippen LogP contribution in [0.1, 0.15) is 5.01 Å². The number of fused-ring (bicyclic) bond motifs is 1. The molecule has 154 valence electrons. The molecule has 0 saturated heterocycles. The molecule has 0 aliphatic carbocycles. The van der Waals surface area contributed by atoms with Crippen LogP contribution in [-0.4, -0.2) is 46.2 Å². The summed E-state index contributed by atoms with van der Waals surface area (Å²) in [6.07, 6.45) is 0. The van der Waals surface area contributed by atoms with Gasteiger partial charge in [-0.25, -0.2) is 9.78 Å². The van der Waals surface area contributed by atoms with Gasteiger partial charge in [0.25, 0.3) is 5.69 Å². The van der Waals surface area contributed by atoms with E-state index in [0.29, 0.717) is 26.0 Å². The van der Waals surface area contributed by atoms with Gasteiger partial charge in [0.15, 0.2) is 6.04 Å². The van der Waals surface area contributed by atoms with Crippen molar-refractivity contribution in [3.63, 3.8) is 0 Å². The smallest absolute Gasteiger partial charge is 0.339 e. The number of carboxylic acid groups (broad SMARTS) is 1. The summed E-state index contributed by atoms with van der Waals surface area (Å²) >= 11 is 2.55. The van der Waals surface area contributed by atoms with Gasteiger partial charge >= 0.3 is 16.1 Å². The number of aromatic nitrogens is 1. The molecular formula is C17H11N3O7S3. The molecule has 2 aromatic carbocycles. The molecule has 10 nitrogen and oxygen atoms in total. The number of aliphatic imine (C=N–C) groups is 1. The summed E-state index contributed by atoms with van der Waals surface area (Å²) in [7, 11) is -4.18. The summed E-state index contributed by atoms with van der Waals surface area (Å²) < 4.78 is 30.7. The number of nitro groups is 1. The highest BCUT2D eigenvalue weighted by molar-refractivity contribution is 8.15. The molecule has 0 bridgehead atoms. The summed E-state index contributed by atoms with van der Waals surface area (Å²) in [5, 5.41) is 20.8. The van der Waals surface area contributed by atoms with Crippen LogP contribution in [0.3, 0.4) is 0 Å². The fourth-order valence-corrected chi connectivity index (χ4v) is 5.59. The van der Waals surface area contributed by atoms with E-state index in [4.69, 9.17) is 9.29 Å². The third kappa shape index (κ3) is 3.99. The quantitative estimate of drug-likeness (QED) is 0.329. The van der Waals surface area contributed by atoms with Crippen LogP contribution < -0.4 is 4.18 Å². The lowest BCUT2D eigenvalue weighted by atomic mass is 10.3. The molecule has 30 heavy (non-hydrogen) atoms. The van der Waals surface area contributed by atoms with Gasteiger partial charge in [0, 0.05) is 24.0 Å². The van der Waals surface area contributed by atoms with E-state index >= 15 is 0 Å². The fourth-order valence-electron chi connectivity index (χ4n) is 2.57. The van der Waals surface area contributed by atoms with Gasteiger partial charge in [0.05, 0.1) is 15.1 Å². The van der Waals surface area contributed by atoms with Gasteiger partial charge in [-0.15, -0.1) is 23.1 Å². The second-order valence-corrected chi connectivity index (χ2v) is 9.62. The van der Waals surface area contributed by atoms with Crippen molar-refractivity contribution in [2.75, 3.05) is 5.75 Å². The van der Waals surface area contributed by atoms with Crippen molar-refractivity contribution in [3.8, 4) is 5.75 Å². The number of carbonyl (C=O) groups is 1. The van der Waals surface area contributed by atoms with Crippen molar-refractivity contribution in [2.45, 2.75) is 10.9 Å². The van der Waals surface area contributed by atoms with Gasteiger partial charge < -0.3 is 9.29 Å². The highest BCUT2D eigenvalue weighted by atomic mass is 32.2. The molecule has 3 aromatic rings. The third-order valence-electron chi connectivity index (χ3n) is 4.02. The first-order valence-electron chi connectivity index (χ1n) is 8.26. The Morgan fingerprint density at radius 1 is 1.23 bits per heavy atom. The molecule has 1 unspecified atom stereocenters. The number of hydrogen-bond acceptors (Lipinski definition) is 10. The highest BCUT2D eigenvalue weighted by Crippen LogP contribution is 2.32. The molecule has 1 atom stereocenters. The second kappa shape index (κ2) is 7.66. The molecule has 13 heteroatoms. The van der Waals surface area contributed by atoms with Crippen molar-refractivity contribution in [2.24, 2.45) is 4.99 Å². The fraction of sp³-hybridized carbons (Fsp3) is 0.118. The molecule has 0 saturated carbocycles. The number of hydrogen-bond donors (Lipinski definition) is 1. The molecule has 4 rings (SSSR count). The number of nitro benzene ring substituents is 1. The van der Waals surface area contributed by atoms with Crippen LogP contribution in [0.25, 0.3) is 10.2 Å². The standard InChI is InChI=1S/C17H11N3O7S3/c21-17(22)13-8-28-15(19-13)16-18-12-6-3-10(7-14(12)29-16)27-30(25,26)11-4-1-9(2-5-11)20(23)24/h1-7,13H,8H2,(H,21,22). The topological polar surface area (TPSA) is 149 Å². The minimum Gasteiger partial charge on any atom is -0.480 e. The van der Waals surface area contributed by atoms with Gasteiger partial charge in [0.2, 0.25) is 0 Å². The minimum absolute atomic E-state index is 0.0560. The van der Waals surface area contributed by atoms with E-state index in [2.05, 4.69) is 9.98 Å². The first kappa shape index (κ1) is 20.3. The van der Waals surface area contributed by atoms with Crippen molar-refractivity contribution in [3.05, 3.63) is 57.6 Å². The molecule has 0 amide bonds. The van der Waals surface area contributed by atoms with Crippen LogP contribution in [0, 0.1) is 10.1 Å². The molecule has 0 spiro atoms. The van der Waals surface area contributed by atoms with E-state index in [1.54, 1.807) is 6.07 Å². The maximum absolute atomic E-state index is 12.5. The Morgan fingerprint density at radius 2 is 1.97 bits per heavy atom. The Morgan fingerprint density at radius 3 is 2.60 bits per heavy atom. The maximum atomic E-state index is 12.5. The number of aliphatic carboxylic acids is 1. The van der Waals surface area contributed by atoms with Crippen molar-refractivity contribution in [1.82, 2.24) is 4.98 Å². The number of non-ortho nitro benzene ring substituents is 1. The second-order valence-electron chi connectivity index (χ2n) is 6.04. The molecule has 1 aliphatic heterocycles. The first-order valence-corrected chi connectivity index (χ1v) is 11.5. The van der Waals surface area contributed by atoms with Crippen LogP contribution >= 0.6 is 23.1 Å². The molecular weight excluding hydrogens is 454 g/mol. The van der Waals surface area contributed by atoms with Crippen LogP contribution in [0.4, 0.5) is 5.69 Å². The number of thiazole rings is 1. The predicted molar refractivity (Wildman–Crippen MR) is 111 cm³/mol. The van der Waals surface area contributed by atoms with Crippen LogP contribution in [0.15, 0.2) is 52.4 Å². The normalized spacial score (nSPS) is 16.4. The minimum atomic E-state index is -4.18. The average molecular weight is 465 g/mol. The maximum Gasteiger partial charge on any atom is 0.339 e. The summed E-state index contributed by atoms with van der Waals surface area (Å²) in [5.41, 5.74) is 0.363. The van der Waals surface area contributed by atoms with E-state index in [1.165, 1.54) is 35.2 Å². The van der Waals surface area contributed by atoms with Gasteiger partial charge in [-0.3, -0.25) is 15.1 Å². The molecule has 1 aromatic heterocycles. The summed E-state index contributed by atoms with van der Waals surface area (Å²) in [6.45, 7) is 0. The van der Waals surface area contributed by atoms with Crippen LogP contribution in [-0.2, 0) is 14.9 Å². The van der Waals surface area contributed by atoms with Gasteiger partial charge in [-0.1, -0.05) is 0 Å². The van der Waals surface area contributed by atoms with E-state index < -0.39 is 27.1 Å². The third-order valence-corrected chi connectivity index (χ3v) is 7.49. The Bertz CT molecular complexity index is 1300. The number of benzene rings is 2. The van der Waals surface area contributed by atoms with E-state index in [0.717, 1.165) is 24.3 Å². The van der Waals surface area contributed by atoms with E-state index in [1.807, 2.05) is 0 Å². The van der Waals surface area contributed by atoms with Crippen LogP contribution in [0.5, 0.6) is 5.75 Å². The van der Waals surface area contributed by atoms with Gasteiger partial charge in [-0.2, -0.15) is 8.42 Å². The molecule has 1 N–H and O–H groups in total. The van der Waals surface area contributed by atoms with Crippen molar-refractivity contribution < 1.29 is 27.4 Å². The lowest BCUT2D eigenvalue weighted by Crippen LogP contribution is -2.17. The summed E-state index contributed by atoms with van der Waals surface area (Å²) in [4.78, 5) is 29.5. The number of rotatable bonds is 6. The first-order chi connectivity index (χ1) is 14.2. The zero-order chi connectivity index (χ0) is 21.5. The predicted octanol–water partition coefficient (Wildman–Crippen LogP) is 2.92. The molecule has 2 heterocycles. The molecule has 0 fully saturated rings. The lowest BCUT2D eigenvalue weighted by molar-refractivity contribution is -0.384.